The van der Waals surface area contributed by atoms with E-state index in [1.807, 2.05) is 4.72 Å². The highest BCUT2D eigenvalue weighted by Crippen LogP contribution is 2.23. The molecule has 0 spiro atoms. The molecular formula is C15H15N3O5S2. The standard InChI is InChI=1S/C15H15N3O5S2/c19-15(12-5-7-16-8-6-12)17-24(20,21)13-3-1-4-14(11-13)25(22,23)18-9-2-10-18/h1,3-8,11H,2,9-10H2,(H,17,19). The molecule has 1 aromatic carbocycles. The van der Waals surface area contributed by atoms with Crippen molar-refractivity contribution in [2.75, 3.05) is 13.1 Å². The summed E-state index contributed by atoms with van der Waals surface area (Å²) in [4.78, 5) is 15.4. The van der Waals surface area contributed by atoms with Gasteiger partial charge >= 0.3 is 0 Å². The van der Waals surface area contributed by atoms with Crippen molar-refractivity contribution in [2.45, 2.75) is 16.2 Å². The van der Waals surface area contributed by atoms with Crippen molar-refractivity contribution in [3.8, 4) is 0 Å². The number of hydrogen-bond acceptors (Lipinski definition) is 6. The van der Waals surface area contributed by atoms with Gasteiger partial charge in [-0.15, -0.1) is 0 Å². The third-order valence-corrected chi connectivity index (χ3v) is 6.96. The van der Waals surface area contributed by atoms with Gasteiger partial charge in [0.2, 0.25) is 10.0 Å². The third-order valence-electron chi connectivity index (χ3n) is 3.74. The molecule has 10 heteroatoms. The van der Waals surface area contributed by atoms with E-state index in [0.717, 1.165) is 12.5 Å². The molecule has 0 atom stereocenters. The molecule has 2 aromatic rings. The number of hydrogen-bond donors (Lipinski definition) is 1. The van der Waals surface area contributed by atoms with Gasteiger partial charge in [-0.2, -0.15) is 4.31 Å². The van der Waals surface area contributed by atoms with Gasteiger partial charge in [-0.1, -0.05) is 6.07 Å². The summed E-state index contributed by atoms with van der Waals surface area (Å²) in [6.07, 6.45) is 3.50. The van der Waals surface area contributed by atoms with Crippen LogP contribution in [0, 0.1) is 0 Å². The number of carbonyl (C=O) groups excluding carboxylic acids is 1. The maximum atomic E-state index is 12.4. The van der Waals surface area contributed by atoms with Crippen LogP contribution < -0.4 is 4.72 Å². The molecule has 1 aromatic heterocycles. The Morgan fingerprint density at radius 2 is 1.64 bits per heavy atom. The van der Waals surface area contributed by atoms with Gasteiger partial charge in [0.05, 0.1) is 9.79 Å². The molecule has 0 radical (unpaired) electrons. The molecule has 0 saturated carbocycles. The van der Waals surface area contributed by atoms with Crippen molar-refractivity contribution in [3.63, 3.8) is 0 Å². The molecule has 1 aliphatic rings. The molecule has 2 heterocycles. The highest BCUT2D eigenvalue weighted by Gasteiger charge is 2.30. The lowest BCUT2D eigenvalue weighted by molar-refractivity contribution is 0.0981. The second-order valence-electron chi connectivity index (χ2n) is 5.40. The van der Waals surface area contributed by atoms with Gasteiger partial charge in [-0.05, 0) is 36.8 Å². The van der Waals surface area contributed by atoms with Gasteiger partial charge in [0.25, 0.3) is 15.9 Å². The van der Waals surface area contributed by atoms with E-state index in [1.165, 1.54) is 47.0 Å². The lowest BCUT2D eigenvalue weighted by atomic mass is 10.3. The minimum Gasteiger partial charge on any atom is -0.268 e. The van der Waals surface area contributed by atoms with Crippen molar-refractivity contribution in [2.24, 2.45) is 0 Å². The first-order valence-electron chi connectivity index (χ1n) is 7.38. The monoisotopic (exact) mass is 381 g/mol. The summed E-state index contributed by atoms with van der Waals surface area (Å²) in [5.74, 6) is -0.821. The van der Waals surface area contributed by atoms with Crippen LogP contribution in [0.4, 0.5) is 0 Å². The minimum atomic E-state index is -4.21. The number of amides is 1. The molecule has 0 unspecified atom stereocenters. The molecular weight excluding hydrogens is 366 g/mol. The number of benzene rings is 1. The number of nitrogens with one attached hydrogen (secondary N) is 1. The molecule has 0 bridgehead atoms. The fraction of sp³-hybridized carbons (Fsp3) is 0.200. The summed E-state index contributed by atoms with van der Waals surface area (Å²) < 4.78 is 52.7. The molecule has 132 valence electrons. The third kappa shape index (κ3) is 3.55. The Hall–Kier alpha value is -2.30. The molecule has 25 heavy (non-hydrogen) atoms. The van der Waals surface area contributed by atoms with E-state index in [1.54, 1.807) is 0 Å². The van der Waals surface area contributed by atoms with Gasteiger partial charge in [0.1, 0.15) is 0 Å². The first kappa shape index (κ1) is 17.5. The average molecular weight is 381 g/mol. The molecule has 3 rings (SSSR count). The fourth-order valence-electron chi connectivity index (χ4n) is 2.22. The average Bonchev–Trinajstić information content (AvgIpc) is 2.53. The van der Waals surface area contributed by atoms with Crippen LogP contribution in [0.15, 0.2) is 58.6 Å². The van der Waals surface area contributed by atoms with E-state index in [2.05, 4.69) is 4.98 Å². The predicted octanol–water partition coefficient (Wildman–Crippen LogP) is 0.595. The number of carbonyl (C=O) groups is 1. The lowest BCUT2D eigenvalue weighted by Gasteiger charge is -2.29. The molecule has 1 fully saturated rings. The van der Waals surface area contributed by atoms with E-state index in [-0.39, 0.29) is 15.4 Å². The summed E-state index contributed by atoms with van der Waals surface area (Å²) in [6, 6.07) is 7.69. The molecule has 0 aliphatic carbocycles. The van der Waals surface area contributed by atoms with Crippen LogP contribution in [0.3, 0.4) is 0 Å². The zero-order chi connectivity index (χ0) is 18.1. The zero-order valence-electron chi connectivity index (χ0n) is 13.0. The summed E-state index contributed by atoms with van der Waals surface area (Å²) >= 11 is 0. The number of sulfonamides is 2. The Bertz CT molecular complexity index is 1000. The fourth-order valence-corrected chi connectivity index (χ4v) is 4.88. The van der Waals surface area contributed by atoms with E-state index in [9.17, 15) is 21.6 Å². The van der Waals surface area contributed by atoms with Gasteiger partial charge in [-0.25, -0.2) is 21.6 Å². The van der Waals surface area contributed by atoms with Crippen LogP contribution in [-0.2, 0) is 20.0 Å². The van der Waals surface area contributed by atoms with E-state index in [4.69, 9.17) is 0 Å². The molecule has 1 saturated heterocycles. The van der Waals surface area contributed by atoms with Crippen molar-refractivity contribution in [1.29, 1.82) is 0 Å². The van der Waals surface area contributed by atoms with Crippen LogP contribution in [0.25, 0.3) is 0 Å². The highest BCUT2D eigenvalue weighted by atomic mass is 32.2. The first-order chi connectivity index (χ1) is 11.8. The minimum absolute atomic E-state index is 0.119. The van der Waals surface area contributed by atoms with Crippen molar-refractivity contribution in [3.05, 3.63) is 54.4 Å². The Morgan fingerprint density at radius 1 is 1.00 bits per heavy atom. The maximum absolute atomic E-state index is 12.4. The molecule has 8 nitrogen and oxygen atoms in total. The summed E-state index contributed by atoms with van der Waals surface area (Å²) in [5, 5.41) is 0. The topological polar surface area (TPSA) is 114 Å². The Labute approximate surface area is 145 Å². The number of pyridine rings is 1. The Morgan fingerprint density at radius 3 is 2.24 bits per heavy atom. The normalized spacial score (nSPS) is 15.4. The predicted molar refractivity (Wildman–Crippen MR) is 88.7 cm³/mol. The second kappa shape index (κ2) is 6.54. The smallest absolute Gasteiger partial charge is 0.265 e. The van der Waals surface area contributed by atoms with E-state index < -0.39 is 26.0 Å². The number of aromatic nitrogens is 1. The number of nitrogens with zero attached hydrogens (tertiary/aromatic N) is 2. The van der Waals surface area contributed by atoms with Crippen molar-refractivity contribution < 1.29 is 21.6 Å². The van der Waals surface area contributed by atoms with Crippen LogP contribution in [0.1, 0.15) is 16.8 Å². The van der Waals surface area contributed by atoms with Gasteiger partial charge in [0, 0.05) is 31.0 Å². The van der Waals surface area contributed by atoms with Crippen molar-refractivity contribution in [1.82, 2.24) is 14.0 Å². The summed E-state index contributed by atoms with van der Waals surface area (Å²) in [5.41, 5.74) is 0.128. The summed E-state index contributed by atoms with van der Waals surface area (Å²) in [7, 11) is -7.93. The zero-order valence-corrected chi connectivity index (χ0v) is 14.6. The Kier molecular flexibility index (Phi) is 4.58. The first-order valence-corrected chi connectivity index (χ1v) is 10.3. The second-order valence-corrected chi connectivity index (χ2v) is 9.02. The Balaban J connectivity index is 1.88. The SMILES string of the molecule is O=C(NS(=O)(=O)c1cccc(S(=O)(=O)N2CCC2)c1)c1ccncc1. The van der Waals surface area contributed by atoms with Crippen LogP contribution in [0.2, 0.25) is 0 Å². The number of rotatable bonds is 5. The molecule has 1 aliphatic heterocycles. The maximum Gasteiger partial charge on any atom is 0.265 e. The molecule has 1 N–H and O–H groups in total. The van der Waals surface area contributed by atoms with E-state index >= 15 is 0 Å². The van der Waals surface area contributed by atoms with E-state index in [0.29, 0.717) is 13.1 Å². The largest absolute Gasteiger partial charge is 0.268 e. The quantitative estimate of drug-likeness (QED) is 0.811. The lowest BCUT2D eigenvalue weighted by Crippen LogP contribution is -2.42. The highest BCUT2D eigenvalue weighted by molar-refractivity contribution is 7.90. The van der Waals surface area contributed by atoms with Gasteiger partial charge in [-0.3, -0.25) is 9.78 Å². The van der Waals surface area contributed by atoms with Crippen LogP contribution >= 0.6 is 0 Å². The van der Waals surface area contributed by atoms with Crippen molar-refractivity contribution >= 4 is 26.0 Å². The van der Waals surface area contributed by atoms with Gasteiger partial charge < -0.3 is 0 Å². The van der Waals surface area contributed by atoms with Gasteiger partial charge in [0.15, 0.2) is 0 Å². The summed E-state index contributed by atoms with van der Waals surface area (Å²) in [6.45, 7) is 0.830. The van der Waals surface area contributed by atoms with Crippen LogP contribution in [0.5, 0.6) is 0 Å². The van der Waals surface area contributed by atoms with Crippen LogP contribution in [-0.4, -0.2) is 45.1 Å². The molecule has 1 amide bonds.